The molecule has 8 heteroatoms. The Morgan fingerprint density at radius 1 is 1.00 bits per heavy atom. The van der Waals surface area contributed by atoms with Crippen LogP contribution in [0, 0.1) is 0 Å². The highest BCUT2D eigenvalue weighted by Crippen LogP contribution is 2.22. The predicted octanol–water partition coefficient (Wildman–Crippen LogP) is 2.63. The first-order chi connectivity index (χ1) is 14.1. The lowest BCUT2D eigenvalue weighted by Gasteiger charge is -2.33. The fourth-order valence-electron chi connectivity index (χ4n) is 4.02. The Bertz CT molecular complexity index is 853. The van der Waals surface area contributed by atoms with E-state index in [1.807, 2.05) is 12.1 Å². The molecule has 1 aromatic heterocycles. The van der Waals surface area contributed by atoms with Gasteiger partial charge in [-0.15, -0.1) is 0 Å². The minimum atomic E-state index is -0.387. The van der Waals surface area contributed by atoms with Crippen LogP contribution in [0.1, 0.15) is 36.0 Å². The predicted molar refractivity (Wildman–Crippen MR) is 114 cm³/mol. The molecule has 0 spiro atoms. The van der Waals surface area contributed by atoms with E-state index in [0.717, 1.165) is 42.8 Å². The topological polar surface area (TPSA) is 78.4 Å². The number of hydrogen-bond acceptors (Lipinski definition) is 5. The molecular weight excluding hydrogens is 434 g/mol. The van der Waals surface area contributed by atoms with Crippen LogP contribution in [0.3, 0.4) is 0 Å². The van der Waals surface area contributed by atoms with E-state index in [-0.39, 0.29) is 23.9 Å². The standard InChI is InChI=1S/C21H24BrN5O2/c22-16-6-4-15(5-7-16)20(29)27-12-1-3-18(27)19(28)25-17-8-13-26(14-9-17)21-23-10-2-11-24-21/h2,4-7,10-11,17-18H,1,3,8-9,12-14H2,(H,25,28). The number of nitrogens with zero attached hydrogens (tertiary/aromatic N) is 4. The molecule has 152 valence electrons. The van der Waals surface area contributed by atoms with Crippen LogP contribution in [0.25, 0.3) is 0 Å². The van der Waals surface area contributed by atoms with E-state index in [9.17, 15) is 9.59 Å². The van der Waals surface area contributed by atoms with Crippen molar-refractivity contribution < 1.29 is 9.59 Å². The van der Waals surface area contributed by atoms with Crippen LogP contribution in [0.4, 0.5) is 5.95 Å². The summed E-state index contributed by atoms with van der Waals surface area (Å²) in [5.41, 5.74) is 0.615. The van der Waals surface area contributed by atoms with Crippen LogP contribution in [0.2, 0.25) is 0 Å². The largest absolute Gasteiger partial charge is 0.351 e. The van der Waals surface area contributed by atoms with Crippen molar-refractivity contribution in [3.8, 4) is 0 Å². The minimum absolute atomic E-state index is 0.0395. The van der Waals surface area contributed by atoms with Gasteiger partial charge in [0.05, 0.1) is 0 Å². The second-order valence-corrected chi connectivity index (χ2v) is 8.40. The van der Waals surface area contributed by atoms with Crippen molar-refractivity contribution in [2.75, 3.05) is 24.5 Å². The molecule has 3 heterocycles. The molecule has 1 aromatic carbocycles. The van der Waals surface area contributed by atoms with E-state index in [4.69, 9.17) is 0 Å². The summed E-state index contributed by atoms with van der Waals surface area (Å²) in [4.78, 5) is 38.2. The number of aromatic nitrogens is 2. The maximum atomic E-state index is 12.9. The SMILES string of the molecule is O=C(NC1CCN(c2ncccn2)CC1)C1CCCN1C(=O)c1ccc(Br)cc1. The molecule has 0 bridgehead atoms. The van der Waals surface area contributed by atoms with Gasteiger partial charge in [-0.25, -0.2) is 9.97 Å². The molecule has 2 fully saturated rings. The molecule has 2 aromatic rings. The summed E-state index contributed by atoms with van der Waals surface area (Å²) in [6.07, 6.45) is 6.74. The van der Waals surface area contributed by atoms with Crippen LogP contribution < -0.4 is 10.2 Å². The van der Waals surface area contributed by atoms with Crippen molar-refractivity contribution in [3.63, 3.8) is 0 Å². The maximum Gasteiger partial charge on any atom is 0.254 e. The average Bonchev–Trinajstić information content (AvgIpc) is 3.25. The quantitative estimate of drug-likeness (QED) is 0.763. The molecular formula is C21H24BrN5O2. The summed E-state index contributed by atoms with van der Waals surface area (Å²) in [7, 11) is 0. The first kappa shape index (κ1) is 19.8. The van der Waals surface area contributed by atoms with Gasteiger partial charge in [-0.3, -0.25) is 9.59 Å². The number of halogens is 1. The van der Waals surface area contributed by atoms with Crippen molar-refractivity contribution >= 4 is 33.7 Å². The highest BCUT2D eigenvalue weighted by Gasteiger charge is 2.35. The van der Waals surface area contributed by atoms with E-state index in [1.54, 1.807) is 35.5 Å². The van der Waals surface area contributed by atoms with Crippen LogP contribution >= 0.6 is 15.9 Å². The van der Waals surface area contributed by atoms with Crippen molar-refractivity contribution in [1.29, 1.82) is 0 Å². The Balaban J connectivity index is 1.33. The lowest BCUT2D eigenvalue weighted by atomic mass is 10.0. The molecule has 1 N–H and O–H groups in total. The number of piperidine rings is 1. The molecule has 4 rings (SSSR count). The minimum Gasteiger partial charge on any atom is -0.351 e. The fraction of sp³-hybridized carbons (Fsp3) is 0.429. The fourth-order valence-corrected chi connectivity index (χ4v) is 4.28. The van der Waals surface area contributed by atoms with Crippen molar-refractivity contribution in [1.82, 2.24) is 20.2 Å². The molecule has 2 aliphatic heterocycles. The smallest absolute Gasteiger partial charge is 0.254 e. The van der Waals surface area contributed by atoms with Gasteiger partial charge in [0.1, 0.15) is 6.04 Å². The van der Waals surface area contributed by atoms with E-state index >= 15 is 0 Å². The zero-order valence-corrected chi connectivity index (χ0v) is 17.7. The van der Waals surface area contributed by atoms with Gasteiger partial charge in [-0.2, -0.15) is 0 Å². The van der Waals surface area contributed by atoms with Gasteiger partial charge in [-0.1, -0.05) is 15.9 Å². The van der Waals surface area contributed by atoms with Crippen LogP contribution in [0.5, 0.6) is 0 Å². The number of anilines is 1. The van der Waals surface area contributed by atoms with Gasteiger partial charge < -0.3 is 15.1 Å². The van der Waals surface area contributed by atoms with Gasteiger partial charge in [-0.05, 0) is 56.0 Å². The van der Waals surface area contributed by atoms with Crippen LogP contribution in [0.15, 0.2) is 47.2 Å². The number of hydrogen-bond donors (Lipinski definition) is 1. The van der Waals surface area contributed by atoms with E-state index in [1.165, 1.54) is 0 Å². The monoisotopic (exact) mass is 457 g/mol. The van der Waals surface area contributed by atoms with Gasteiger partial charge in [0, 0.05) is 48.1 Å². The number of carbonyl (C=O) groups is 2. The average molecular weight is 458 g/mol. The lowest BCUT2D eigenvalue weighted by Crippen LogP contribution is -2.51. The Morgan fingerprint density at radius 2 is 1.69 bits per heavy atom. The number of nitrogens with one attached hydrogen (secondary N) is 1. The summed E-state index contributed by atoms with van der Waals surface area (Å²) in [5.74, 6) is 0.618. The Kier molecular flexibility index (Phi) is 6.08. The third-order valence-electron chi connectivity index (χ3n) is 5.58. The normalized spacial score (nSPS) is 20.0. The van der Waals surface area contributed by atoms with Gasteiger partial charge in [0.25, 0.3) is 5.91 Å². The zero-order valence-electron chi connectivity index (χ0n) is 16.1. The second kappa shape index (κ2) is 8.90. The molecule has 2 amide bonds. The molecule has 2 aliphatic rings. The molecule has 1 atom stereocenters. The van der Waals surface area contributed by atoms with Crippen molar-refractivity contribution in [3.05, 3.63) is 52.8 Å². The van der Waals surface area contributed by atoms with Gasteiger partial charge >= 0.3 is 0 Å². The van der Waals surface area contributed by atoms with Crippen LogP contribution in [-0.4, -0.2) is 58.4 Å². The number of carbonyl (C=O) groups excluding carboxylic acids is 2. The first-order valence-electron chi connectivity index (χ1n) is 10.0. The van der Waals surface area contributed by atoms with Crippen molar-refractivity contribution in [2.45, 2.75) is 37.8 Å². The van der Waals surface area contributed by atoms with E-state index < -0.39 is 0 Å². The number of rotatable bonds is 4. The van der Waals surface area contributed by atoms with Gasteiger partial charge in [0.2, 0.25) is 11.9 Å². The number of likely N-dealkylation sites (tertiary alicyclic amines) is 1. The molecule has 2 saturated heterocycles. The number of amides is 2. The molecule has 29 heavy (non-hydrogen) atoms. The summed E-state index contributed by atoms with van der Waals surface area (Å²) < 4.78 is 0.928. The van der Waals surface area contributed by atoms with Crippen molar-refractivity contribution in [2.24, 2.45) is 0 Å². The molecule has 0 aliphatic carbocycles. The molecule has 7 nitrogen and oxygen atoms in total. The van der Waals surface area contributed by atoms with E-state index in [2.05, 4.69) is 36.1 Å². The Morgan fingerprint density at radius 3 is 2.38 bits per heavy atom. The zero-order chi connectivity index (χ0) is 20.2. The second-order valence-electron chi connectivity index (χ2n) is 7.48. The van der Waals surface area contributed by atoms with Crippen LogP contribution in [-0.2, 0) is 4.79 Å². The highest BCUT2D eigenvalue weighted by atomic mass is 79.9. The lowest BCUT2D eigenvalue weighted by molar-refractivity contribution is -0.125. The summed E-state index contributed by atoms with van der Waals surface area (Å²) in [6, 6.07) is 8.82. The Labute approximate surface area is 178 Å². The third-order valence-corrected chi connectivity index (χ3v) is 6.11. The summed E-state index contributed by atoms with van der Waals surface area (Å²) in [5, 5.41) is 3.17. The Hall–Kier alpha value is -2.48. The first-order valence-corrected chi connectivity index (χ1v) is 10.8. The van der Waals surface area contributed by atoms with E-state index in [0.29, 0.717) is 18.5 Å². The third kappa shape index (κ3) is 4.58. The highest BCUT2D eigenvalue weighted by molar-refractivity contribution is 9.10. The van der Waals surface area contributed by atoms with Gasteiger partial charge in [0.15, 0.2) is 0 Å². The summed E-state index contributed by atoms with van der Waals surface area (Å²) >= 11 is 3.39. The number of benzene rings is 1. The maximum absolute atomic E-state index is 12.9. The summed E-state index contributed by atoms with van der Waals surface area (Å²) in [6.45, 7) is 2.24. The molecule has 0 radical (unpaired) electrons. The molecule has 0 saturated carbocycles. The molecule has 1 unspecified atom stereocenters.